The van der Waals surface area contributed by atoms with Crippen molar-refractivity contribution in [3.05, 3.63) is 139 Å². The zero-order valence-corrected chi connectivity index (χ0v) is 23.0. The Labute approximate surface area is 230 Å². The molecule has 0 fully saturated rings. The molecule has 1 spiro atoms. The van der Waals surface area contributed by atoms with E-state index >= 15 is 0 Å². The fourth-order valence-electron chi connectivity index (χ4n) is 6.44. The van der Waals surface area contributed by atoms with Gasteiger partial charge >= 0.3 is 0 Å². The summed E-state index contributed by atoms with van der Waals surface area (Å²) in [6, 6.07) is 36.1. The molecule has 0 nitrogen and oxygen atoms in total. The van der Waals surface area contributed by atoms with Crippen molar-refractivity contribution >= 4 is 75.5 Å². The quantitative estimate of drug-likeness (QED) is 0.161. The summed E-state index contributed by atoms with van der Waals surface area (Å²) < 4.78 is 4.92. The molecular weight excluding hydrogens is 588 g/mol. The lowest BCUT2D eigenvalue weighted by Crippen LogP contribution is -2.30. The predicted octanol–water partition coefficient (Wildman–Crippen LogP) is 10.4. The number of hydrogen-bond donors (Lipinski definition) is 0. The van der Waals surface area contributed by atoms with Crippen LogP contribution in [0.4, 0.5) is 0 Å². The molecule has 0 amide bonds. The van der Waals surface area contributed by atoms with Crippen molar-refractivity contribution in [2.45, 2.75) is 5.41 Å². The highest BCUT2D eigenvalue weighted by Crippen LogP contribution is 2.61. The highest BCUT2D eigenvalue weighted by Gasteiger charge is 2.49. The van der Waals surface area contributed by atoms with Gasteiger partial charge in [-0.05, 0) is 69.3 Å². The van der Waals surface area contributed by atoms with E-state index in [0.717, 1.165) is 8.95 Å². The van der Waals surface area contributed by atoms with Gasteiger partial charge < -0.3 is 0 Å². The number of rotatable bonds is 0. The van der Waals surface area contributed by atoms with Gasteiger partial charge in [0.25, 0.3) is 0 Å². The lowest BCUT2D eigenvalue weighted by Gasteiger charge is -2.35. The molecule has 3 heteroatoms. The van der Waals surface area contributed by atoms with Gasteiger partial charge in [-0.2, -0.15) is 0 Å². The van der Waals surface area contributed by atoms with E-state index in [9.17, 15) is 0 Å². The molecule has 5 aromatic carbocycles. The number of halogens is 2. The van der Waals surface area contributed by atoms with Gasteiger partial charge in [0.15, 0.2) is 0 Å². The molecular formula is C33H18Br2S. The van der Waals surface area contributed by atoms with Crippen molar-refractivity contribution < 1.29 is 0 Å². The second-order valence-corrected chi connectivity index (χ2v) is 12.4. The first-order valence-electron chi connectivity index (χ1n) is 12.0. The molecule has 0 N–H and O–H groups in total. The molecule has 2 aliphatic carbocycles. The molecule has 0 aliphatic heterocycles. The van der Waals surface area contributed by atoms with Gasteiger partial charge in [-0.3, -0.25) is 0 Å². The Morgan fingerprint density at radius 2 is 1.22 bits per heavy atom. The fourth-order valence-corrected chi connectivity index (χ4v) is 8.43. The molecule has 0 radical (unpaired) electrons. The Balaban J connectivity index is 1.63. The van der Waals surface area contributed by atoms with Crippen LogP contribution in [0.15, 0.2) is 106 Å². The van der Waals surface area contributed by atoms with E-state index < -0.39 is 5.41 Å². The van der Waals surface area contributed by atoms with Gasteiger partial charge in [0.2, 0.25) is 0 Å². The minimum absolute atomic E-state index is 0.419. The zero-order valence-electron chi connectivity index (χ0n) is 19.1. The van der Waals surface area contributed by atoms with Gasteiger partial charge in [0.1, 0.15) is 0 Å². The molecule has 0 bridgehead atoms. The summed E-state index contributed by atoms with van der Waals surface area (Å²) in [6.45, 7) is 0. The molecule has 36 heavy (non-hydrogen) atoms. The maximum absolute atomic E-state index is 3.81. The monoisotopic (exact) mass is 604 g/mol. The van der Waals surface area contributed by atoms with E-state index in [0.29, 0.717) is 0 Å². The normalized spacial score (nSPS) is 14.5. The van der Waals surface area contributed by atoms with E-state index in [2.05, 4.69) is 141 Å². The van der Waals surface area contributed by atoms with Gasteiger partial charge in [0.05, 0.1) is 5.41 Å². The first kappa shape index (κ1) is 21.1. The minimum Gasteiger partial charge on any atom is -0.135 e. The Kier molecular flexibility index (Phi) is 4.41. The van der Waals surface area contributed by atoms with Gasteiger partial charge in [-0.15, -0.1) is 11.3 Å². The Morgan fingerprint density at radius 3 is 1.97 bits per heavy atom. The second-order valence-electron chi connectivity index (χ2n) is 9.56. The Morgan fingerprint density at radius 1 is 0.556 bits per heavy atom. The molecule has 8 rings (SSSR count). The van der Waals surface area contributed by atoms with E-state index in [4.69, 9.17) is 0 Å². The maximum Gasteiger partial charge on any atom is 0.0726 e. The molecule has 0 unspecified atom stereocenters. The van der Waals surface area contributed by atoms with Crippen LogP contribution in [-0.2, 0) is 5.41 Å². The third-order valence-corrected chi connectivity index (χ3v) is 10.0. The van der Waals surface area contributed by atoms with Crippen molar-refractivity contribution in [1.82, 2.24) is 0 Å². The van der Waals surface area contributed by atoms with E-state index in [1.807, 2.05) is 11.3 Å². The molecule has 6 aromatic rings. The molecule has 0 atom stereocenters. The first-order valence-corrected chi connectivity index (χ1v) is 14.4. The van der Waals surface area contributed by atoms with Crippen LogP contribution in [0.1, 0.15) is 33.4 Å². The van der Waals surface area contributed by atoms with Crippen LogP contribution in [0.3, 0.4) is 0 Å². The lowest BCUT2D eigenvalue weighted by molar-refractivity contribution is 0.765. The Bertz CT molecular complexity index is 1870. The second kappa shape index (κ2) is 7.52. The van der Waals surface area contributed by atoms with Crippen molar-refractivity contribution in [3.63, 3.8) is 0 Å². The zero-order chi connectivity index (χ0) is 24.0. The molecule has 0 saturated heterocycles. The summed E-state index contributed by atoms with van der Waals surface area (Å²) in [5.74, 6) is 0. The van der Waals surface area contributed by atoms with Gasteiger partial charge in [0, 0.05) is 34.7 Å². The van der Waals surface area contributed by atoms with E-state index in [1.165, 1.54) is 64.7 Å². The molecule has 0 saturated carbocycles. The molecule has 170 valence electrons. The average molecular weight is 606 g/mol. The van der Waals surface area contributed by atoms with Crippen LogP contribution < -0.4 is 0 Å². The maximum atomic E-state index is 3.81. The summed E-state index contributed by atoms with van der Waals surface area (Å²) in [6.07, 6.45) is 4.56. The fraction of sp³-hybridized carbons (Fsp3) is 0.0303. The van der Waals surface area contributed by atoms with Crippen LogP contribution in [0.25, 0.3) is 43.5 Å². The van der Waals surface area contributed by atoms with E-state index in [1.54, 1.807) is 0 Å². The van der Waals surface area contributed by atoms with E-state index in [-0.39, 0.29) is 0 Å². The Hall–Kier alpha value is -2.98. The highest BCUT2D eigenvalue weighted by molar-refractivity contribution is 9.10. The summed E-state index contributed by atoms with van der Waals surface area (Å²) in [7, 11) is 0. The van der Waals surface area contributed by atoms with Crippen molar-refractivity contribution in [3.8, 4) is 11.1 Å². The van der Waals surface area contributed by atoms with Gasteiger partial charge in [-0.1, -0.05) is 111 Å². The third-order valence-electron chi connectivity index (χ3n) is 7.83. The molecule has 1 heterocycles. The number of hydrogen-bond acceptors (Lipinski definition) is 1. The van der Waals surface area contributed by atoms with Gasteiger partial charge in [-0.25, -0.2) is 0 Å². The molecule has 2 aliphatic rings. The van der Waals surface area contributed by atoms with Crippen LogP contribution >= 0.6 is 43.2 Å². The molecule has 1 aromatic heterocycles. The van der Waals surface area contributed by atoms with Crippen molar-refractivity contribution in [2.24, 2.45) is 0 Å². The van der Waals surface area contributed by atoms with Crippen LogP contribution in [0.5, 0.6) is 0 Å². The average Bonchev–Trinajstić information content (AvgIpc) is 3.38. The summed E-state index contributed by atoms with van der Waals surface area (Å²) in [5, 5.41) is 2.68. The summed E-state index contributed by atoms with van der Waals surface area (Å²) in [5.41, 5.74) is 10.2. The predicted molar refractivity (Wildman–Crippen MR) is 161 cm³/mol. The first-order chi connectivity index (χ1) is 17.7. The number of thiophene rings is 1. The summed E-state index contributed by atoms with van der Waals surface area (Å²) in [4.78, 5) is 0. The van der Waals surface area contributed by atoms with Crippen LogP contribution in [0, 0.1) is 0 Å². The highest BCUT2D eigenvalue weighted by atomic mass is 79.9. The largest absolute Gasteiger partial charge is 0.135 e. The standard InChI is InChI=1S/C33H18Br2S/c34-21-13-11-19-9-10-20-12-14-22(35)18-29(20)33(28(19)17-21)26-7-3-1-6-25(26)31-27(33)16-15-24-23-5-2-4-8-30(23)36-32(24)31/h1-18H. The van der Waals surface area contributed by atoms with Crippen molar-refractivity contribution in [2.75, 3.05) is 0 Å². The summed E-state index contributed by atoms with van der Waals surface area (Å²) >= 11 is 9.54. The SMILES string of the molecule is Brc1ccc2c(c1)C1(c3cc(Br)ccc3C=C2)c2ccccc2-c2c1ccc1c2sc2ccccc21. The van der Waals surface area contributed by atoms with Crippen LogP contribution in [0.2, 0.25) is 0 Å². The topological polar surface area (TPSA) is 0 Å². The van der Waals surface area contributed by atoms with Crippen LogP contribution in [-0.4, -0.2) is 0 Å². The number of benzene rings is 5. The third kappa shape index (κ3) is 2.63. The minimum atomic E-state index is -0.419. The van der Waals surface area contributed by atoms with Crippen molar-refractivity contribution in [1.29, 1.82) is 0 Å². The number of fused-ring (bicyclic) bond motifs is 13. The lowest BCUT2D eigenvalue weighted by atomic mass is 9.66. The smallest absolute Gasteiger partial charge is 0.0726 e.